The molecule has 0 saturated carbocycles. The maximum atomic E-state index is 12.2. The van der Waals surface area contributed by atoms with Crippen LogP contribution in [0.25, 0.3) is 0 Å². The maximum absolute atomic E-state index is 12.2. The fourth-order valence-electron chi connectivity index (χ4n) is 3.41. The molecule has 0 radical (unpaired) electrons. The summed E-state index contributed by atoms with van der Waals surface area (Å²) in [7, 11) is 0. The third kappa shape index (κ3) is 5.50. The van der Waals surface area contributed by atoms with E-state index in [4.69, 9.17) is 4.74 Å². The second-order valence-corrected chi connectivity index (χ2v) is 7.50. The average molecular weight is 296 g/mol. The molecule has 21 heavy (non-hydrogen) atoms. The molecule has 0 aliphatic carbocycles. The molecule has 1 unspecified atom stereocenters. The Balaban J connectivity index is 1.85. The molecule has 4 heteroatoms. The molecule has 0 aromatic carbocycles. The summed E-state index contributed by atoms with van der Waals surface area (Å²) in [6, 6.07) is 0.663. The molecule has 2 heterocycles. The molecule has 2 rings (SSSR count). The number of amides is 1. The molecule has 2 saturated heterocycles. The van der Waals surface area contributed by atoms with Crippen LogP contribution in [-0.2, 0) is 4.74 Å². The highest BCUT2D eigenvalue weighted by Crippen LogP contribution is 2.22. The zero-order valence-corrected chi connectivity index (χ0v) is 14.1. The van der Waals surface area contributed by atoms with Gasteiger partial charge in [0, 0.05) is 19.1 Å². The van der Waals surface area contributed by atoms with Crippen LogP contribution in [0, 0.1) is 0 Å². The summed E-state index contributed by atoms with van der Waals surface area (Å²) in [5.74, 6) is 0. The molecule has 1 amide bonds. The van der Waals surface area contributed by atoms with Crippen LogP contribution < -0.4 is 0 Å². The van der Waals surface area contributed by atoms with E-state index in [1.54, 1.807) is 0 Å². The monoisotopic (exact) mass is 296 g/mol. The van der Waals surface area contributed by atoms with Gasteiger partial charge >= 0.3 is 6.09 Å². The largest absolute Gasteiger partial charge is 0.444 e. The lowest BCUT2D eigenvalue weighted by atomic mass is 10.1. The first-order chi connectivity index (χ1) is 9.96. The van der Waals surface area contributed by atoms with Crippen LogP contribution >= 0.6 is 0 Å². The highest BCUT2D eigenvalue weighted by atomic mass is 16.6. The number of nitrogens with zero attached hydrogens (tertiary/aromatic N) is 2. The van der Waals surface area contributed by atoms with E-state index >= 15 is 0 Å². The summed E-state index contributed by atoms with van der Waals surface area (Å²) in [6.07, 6.45) is 8.72. The first kappa shape index (κ1) is 16.6. The van der Waals surface area contributed by atoms with Crippen molar-refractivity contribution in [3.63, 3.8) is 0 Å². The quantitative estimate of drug-likeness (QED) is 0.740. The van der Waals surface area contributed by atoms with Crippen LogP contribution in [0.1, 0.15) is 65.7 Å². The third-order valence-electron chi connectivity index (χ3n) is 4.51. The molecular weight excluding hydrogens is 264 g/mol. The first-order valence-electron chi connectivity index (χ1n) is 8.68. The maximum Gasteiger partial charge on any atom is 0.410 e. The standard InChI is InChI=1S/C17H32N2O2/c1-17(2,3)21-16(20)19-13-8-9-15(10-14-19)18-11-6-4-5-7-12-18/h15H,4-14H2,1-3H3. The minimum atomic E-state index is -0.395. The van der Waals surface area contributed by atoms with Gasteiger partial charge in [-0.3, -0.25) is 0 Å². The van der Waals surface area contributed by atoms with Crippen LogP contribution in [0.5, 0.6) is 0 Å². The van der Waals surface area contributed by atoms with E-state index < -0.39 is 5.60 Å². The third-order valence-corrected chi connectivity index (χ3v) is 4.51. The number of ether oxygens (including phenoxy) is 1. The van der Waals surface area contributed by atoms with Gasteiger partial charge in [0.1, 0.15) is 5.60 Å². The number of carbonyl (C=O) groups excluding carboxylic acids is 1. The van der Waals surface area contributed by atoms with Crippen LogP contribution in [0.4, 0.5) is 4.79 Å². The molecule has 0 aromatic heterocycles. The smallest absolute Gasteiger partial charge is 0.410 e. The van der Waals surface area contributed by atoms with Gasteiger partial charge in [0.25, 0.3) is 0 Å². The highest BCUT2D eigenvalue weighted by molar-refractivity contribution is 5.68. The van der Waals surface area contributed by atoms with Crippen molar-refractivity contribution in [2.45, 2.75) is 77.4 Å². The molecule has 2 fully saturated rings. The number of hydrogen-bond acceptors (Lipinski definition) is 3. The molecule has 1 atom stereocenters. The van der Waals surface area contributed by atoms with Crippen molar-refractivity contribution in [2.24, 2.45) is 0 Å². The van der Waals surface area contributed by atoms with Crippen LogP contribution in [-0.4, -0.2) is 53.7 Å². The van der Waals surface area contributed by atoms with Gasteiger partial charge in [0.05, 0.1) is 0 Å². The van der Waals surface area contributed by atoms with Crippen LogP contribution in [0.2, 0.25) is 0 Å². The number of carbonyl (C=O) groups is 1. The predicted octanol–water partition coefficient (Wildman–Crippen LogP) is 3.65. The van der Waals surface area contributed by atoms with Crippen LogP contribution in [0.3, 0.4) is 0 Å². The Morgan fingerprint density at radius 1 is 0.905 bits per heavy atom. The van der Waals surface area contributed by atoms with E-state index in [9.17, 15) is 4.79 Å². The van der Waals surface area contributed by atoms with E-state index in [0.29, 0.717) is 6.04 Å². The van der Waals surface area contributed by atoms with Gasteiger partial charge in [-0.2, -0.15) is 0 Å². The molecule has 4 nitrogen and oxygen atoms in total. The summed E-state index contributed by atoms with van der Waals surface area (Å²) < 4.78 is 5.51. The van der Waals surface area contributed by atoms with Crippen LogP contribution in [0.15, 0.2) is 0 Å². The Kier molecular flexibility index (Phi) is 5.91. The fourth-order valence-corrected chi connectivity index (χ4v) is 3.41. The summed E-state index contributed by atoms with van der Waals surface area (Å²) in [6.45, 7) is 9.98. The van der Waals surface area contributed by atoms with E-state index in [1.807, 2.05) is 25.7 Å². The molecule has 122 valence electrons. The number of likely N-dealkylation sites (tertiary alicyclic amines) is 2. The Morgan fingerprint density at radius 3 is 2.19 bits per heavy atom. The SMILES string of the molecule is CC(C)(C)OC(=O)N1CCCC(N2CCCCCC2)CC1. The number of rotatable bonds is 1. The Bertz CT molecular complexity index is 330. The van der Waals surface area contributed by atoms with Crippen molar-refractivity contribution in [1.29, 1.82) is 0 Å². The van der Waals surface area contributed by atoms with Crippen molar-refractivity contribution in [1.82, 2.24) is 9.80 Å². The molecule has 0 N–H and O–H groups in total. The highest BCUT2D eigenvalue weighted by Gasteiger charge is 2.27. The van der Waals surface area contributed by atoms with Crippen molar-refractivity contribution in [2.75, 3.05) is 26.2 Å². The lowest BCUT2D eigenvalue weighted by Crippen LogP contribution is -2.39. The molecule has 0 bridgehead atoms. The Morgan fingerprint density at radius 2 is 1.57 bits per heavy atom. The van der Waals surface area contributed by atoms with Gasteiger partial charge in [-0.25, -0.2) is 4.79 Å². The molecular formula is C17H32N2O2. The Hall–Kier alpha value is -0.770. The van der Waals surface area contributed by atoms with E-state index in [2.05, 4.69) is 4.90 Å². The minimum absolute atomic E-state index is 0.140. The zero-order valence-electron chi connectivity index (χ0n) is 14.1. The topological polar surface area (TPSA) is 32.8 Å². The zero-order chi connectivity index (χ0) is 15.3. The summed E-state index contributed by atoms with van der Waals surface area (Å²) >= 11 is 0. The second kappa shape index (κ2) is 7.48. The van der Waals surface area contributed by atoms with Gasteiger partial charge in [0.2, 0.25) is 0 Å². The van der Waals surface area contributed by atoms with E-state index in [1.165, 1.54) is 45.2 Å². The van der Waals surface area contributed by atoms with Gasteiger partial charge < -0.3 is 14.5 Å². The number of hydrogen-bond donors (Lipinski definition) is 0. The van der Waals surface area contributed by atoms with Crippen molar-refractivity contribution < 1.29 is 9.53 Å². The van der Waals surface area contributed by atoms with Crippen molar-refractivity contribution in [3.8, 4) is 0 Å². The summed E-state index contributed by atoms with van der Waals surface area (Å²) in [4.78, 5) is 16.8. The van der Waals surface area contributed by atoms with Crippen molar-refractivity contribution >= 4 is 6.09 Å². The lowest BCUT2D eigenvalue weighted by Gasteiger charge is -2.30. The summed E-state index contributed by atoms with van der Waals surface area (Å²) in [5, 5.41) is 0. The normalized spacial score (nSPS) is 26.0. The second-order valence-electron chi connectivity index (χ2n) is 7.50. The molecule has 2 aliphatic heterocycles. The van der Waals surface area contributed by atoms with Gasteiger partial charge in [-0.05, 0) is 66.0 Å². The lowest BCUT2D eigenvalue weighted by molar-refractivity contribution is 0.0253. The first-order valence-corrected chi connectivity index (χ1v) is 8.68. The Labute approximate surface area is 129 Å². The minimum Gasteiger partial charge on any atom is -0.444 e. The fraction of sp³-hybridized carbons (Fsp3) is 0.941. The van der Waals surface area contributed by atoms with Gasteiger partial charge in [0.15, 0.2) is 0 Å². The van der Waals surface area contributed by atoms with Gasteiger partial charge in [-0.1, -0.05) is 12.8 Å². The van der Waals surface area contributed by atoms with Gasteiger partial charge in [-0.15, -0.1) is 0 Å². The molecule has 0 aromatic rings. The van der Waals surface area contributed by atoms with Crippen molar-refractivity contribution in [3.05, 3.63) is 0 Å². The summed E-state index contributed by atoms with van der Waals surface area (Å²) in [5.41, 5.74) is -0.395. The average Bonchev–Trinajstić information content (AvgIpc) is 2.79. The van der Waals surface area contributed by atoms with E-state index in [0.717, 1.165) is 25.9 Å². The molecule has 0 spiro atoms. The van der Waals surface area contributed by atoms with E-state index in [-0.39, 0.29) is 6.09 Å². The predicted molar refractivity (Wildman–Crippen MR) is 85.5 cm³/mol. The molecule has 2 aliphatic rings.